The molecule has 0 amide bonds. The van der Waals surface area contributed by atoms with Crippen LogP contribution in [0.1, 0.15) is 5.56 Å². The van der Waals surface area contributed by atoms with E-state index in [1.165, 1.54) is 24.4 Å². The van der Waals surface area contributed by atoms with Crippen LogP contribution in [0.4, 0.5) is 11.4 Å². The number of rotatable bonds is 3. The number of nitrogens with two attached hydrogens (primary N) is 1. The lowest BCUT2D eigenvalue weighted by Crippen LogP contribution is -2.14. The molecule has 0 radical (unpaired) electrons. The van der Waals surface area contributed by atoms with E-state index in [0.717, 1.165) is 5.56 Å². The van der Waals surface area contributed by atoms with Crippen LogP contribution in [0.5, 0.6) is 0 Å². The number of benzene rings is 1. The van der Waals surface area contributed by atoms with Gasteiger partial charge in [0.05, 0.1) is 10.6 Å². The number of hydrogen-bond acceptors (Lipinski definition) is 4. The lowest BCUT2D eigenvalue weighted by atomic mass is 10.2. The lowest BCUT2D eigenvalue weighted by Gasteiger charge is -2.11. The van der Waals surface area contributed by atoms with Crippen LogP contribution >= 0.6 is 11.6 Å². The number of halogens is 1. The fraction of sp³-hybridized carbons (Fsp3) is 0.0833. The first-order valence-corrected chi connectivity index (χ1v) is 7.26. The van der Waals surface area contributed by atoms with Crippen molar-refractivity contribution in [2.24, 2.45) is 0 Å². The van der Waals surface area contributed by atoms with E-state index >= 15 is 0 Å². The normalized spacial score (nSPS) is 11.3. The molecule has 0 atom stereocenters. The van der Waals surface area contributed by atoms with E-state index in [-0.39, 0.29) is 21.4 Å². The van der Waals surface area contributed by atoms with Crippen LogP contribution in [-0.2, 0) is 10.0 Å². The van der Waals surface area contributed by atoms with Gasteiger partial charge in [-0.05, 0) is 25.1 Å². The van der Waals surface area contributed by atoms with Gasteiger partial charge in [0.15, 0.2) is 5.15 Å². The molecule has 0 spiro atoms. The van der Waals surface area contributed by atoms with Crippen LogP contribution in [-0.4, -0.2) is 13.4 Å². The first kappa shape index (κ1) is 13.6. The Morgan fingerprint density at radius 2 is 1.84 bits per heavy atom. The third-order valence-corrected chi connectivity index (χ3v) is 4.16. The summed E-state index contributed by atoms with van der Waals surface area (Å²) in [5.41, 5.74) is 6.96. The molecule has 0 aliphatic carbocycles. The Bertz CT molecular complexity index is 679. The monoisotopic (exact) mass is 297 g/mol. The molecule has 0 unspecified atom stereocenters. The molecule has 1 heterocycles. The summed E-state index contributed by atoms with van der Waals surface area (Å²) in [6.07, 6.45) is 1.40. The molecule has 7 heteroatoms. The number of nitrogen functional groups attached to an aromatic ring is 1. The van der Waals surface area contributed by atoms with Crippen LogP contribution in [0.2, 0.25) is 5.15 Å². The van der Waals surface area contributed by atoms with Crippen molar-refractivity contribution in [1.82, 2.24) is 4.98 Å². The van der Waals surface area contributed by atoms with Crippen molar-refractivity contribution < 1.29 is 8.42 Å². The Morgan fingerprint density at radius 3 is 2.42 bits per heavy atom. The smallest absolute Gasteiger partial charge is 0.262 e. The van der Waals surface area contributed by atoms with Crippen molar-refractivity contribution in [1.29, 1.82) is 0 Å². The molecule has 0 aliphatic rings. The van der Waals surface area contributed by atoms with Crippen LogP contribution in [0.3, 0.4) is 0 Å². The number of nitrogens with zero attached hydrogens (tertiary/aromatic N) is 1. The molecule has 5 nitrogen and oxygen atoms in total. The zero-order valence-electron chi connectivity index (χ0n) is 10.1. The van der Waals surface area contributed by atoms with E-state index in [1.54, 1.807) is 12.1 Å². The molecule has 19 heavy (non-hydrogen) atoms. The molecule has 0 fully saturated rings. The Balaban J connectivity index is 2.39. The van der Waals surface area contributed by atoms with E-state index in [9.17, 15) is 8.42 Å². The van der Waals surface area contributed by atoms with E-state index in [4.69, 9.17) is 17.3 Å². The third kappa shape index (κ3) is 2.97. The van der Waals surface area contributed by atoms with Gasteiger partial charge in [0.25, 0.3) is 10.0 Å². The van der Waals surface area contributed by atoms with Gasteiger partial charge in [-0.15, -0.1) is 0 Å². The highest BCUT2D eigenvalue weighted by molar-refractivity contribution is 7.92. The van der Waals surface area contributed by atoms with Crippen molar-refractivity contribution in [2.45, 2.75) is 11.8 Å². The molecule has 100 valence electrons. The van der Waals surface area contributed by atoms with E-state index in [2.05, 4.69) is 9.71 Å². The minimum atomic E-state index is -3.73. The SMILES string of the molecule is Cc1ccc(S(=O)(=O)Nc2c(N)ccnc2Cl)cc1. The van der Waals surface area contributed by atoms with Gasteiger partial charge >= 0.3 is 0 Å². The van der Waals surface area contributed by atoms with Gasteiger partial charge in [0.2, 0.25) is 0 Å². The fourth-order valence-corrected chi connectivity index (χ4v) is 2.83. The first-order valence-electron chi connectivity index (χ1n) is 5.39. The van der Waals surface area contributed by atoms with E-state index in [1.807, 2.05) is 6.92 Å². The van der Waals surface area contributed by atoms with E-state index in [0.29, 0.717) is 0 Å². The third-order valence-electron chi connectivity index (χ3n) is 2.50. The molecule has 2 rings (SSSR count). The topological polar surface area (TPSA) is 85.1 Å². The number of aromatic nitrogens is 1. The maximum Gasteiger partial charge on any atom is 0.262 e. The molecule has 3 N–H and O–H groups in total. The molecule has 0 bridgehead atoms. The molecule has 0 aliphatic heterocycles. The average molecular weight is 298 g/mol. The van der Waals surface area contributed by atoms with Crippen molar-refractivity contribution in [3.63, 3.8) is 0 Å². The number of aryl methyl sites for hydroxylation is 1. The average Bonchev–Trinajstić information content (AvgIpc) is 2.35. The predicted molar refractivity (Wildman–Crippen MR) is 75.6 cm³/mol. The highest BCUT2D eigenvalue weighted by Crippen LogP contribution is 2.28. The second-order valence-corrected chi connectivity index (χ2v) is 6.02. The van der Waals surface area contributed by atoms with Gasteiger partial charge in [0.1, 0.15) is 5.69 Å². The summed E-state index contributed by atoms with van der Waals surface area (Å²) in [6.45, 7) is 1.87. The Morgan fingerprint density at radius 1 is 1.21 bits per heavy atom. The summed E-state index contributed by atoms with van der Waals surface area (Å²) >= 11 is 5.83. The molecule has 1 aromatic heterocycles. The Labute approximate surface area is 116 Å². The minimum Gasteiger partial charge on any atom is -0.397 e. The first-order chi connectivity index (χ1) is 8.90. The maximum atomic E-state index is 12.2. The van der Waals surface area contributed by atoms with Gasteiger partial charge in [-0.1, -0.05) is 29.3 Å². The highest BCUT2D eigenvalue weighted by Gasteiger charge is 2.17. The maximum absolute atomic E-state index is 12.2. The van der Waals surface area contributed by atoms with Gasteiger partial charge in [-0.3, -0.25) is 4.72 Å². The van der Waals surface area contributed by atoms with Gasteiger partial charge in [-0.2, -0.15) is 0 Å². The summed E-state index contributed by atoms with van der Waals surface area (Å²) in [4.78, 5) is 3.93. The zero-order valence-corrected chi connectivity index (χ0v) is 11.7. The Kier molecular flexibility index (Phi) is 3.64. The number of hydrogen-bond donors (Lipinski definition) is 2. The molecule has 2 aromatic rings. The minimum absolute atomic E-state index is 0.00990. The quantitative estimate of drug-likeness (QED) is 0.852. The summed E-state index contributed by atoms with van der Waals surface area (Å²) in [5.74, 6) is 0. The number of anilines is 2. The standard InChI is InChI=1S/C12H12ClN3O2S/c1-8-2-4-9(5-3-8)19(17,18)16-11-10(14)6-7-15-12(11)13/h2-7,16H,1H3,(H2,14,15). The predicted octanol–water partition coefficient (Wildman–Crippen LogP) is 2.43. The number of pyridine rings is 1. The van der Waals surface area contributed by atoms with Crippen LogP contribution < -0.4 is 10.5 Å². The lowest BCUT2D eigenvalue weighted by molar-refractivity contribution is 0.601. The van der Waals surface area contributed by atoms with Gasteiger partial charge in [0, 0.05) is 6.20 Å². The zero-order chi connectivity index (χ0) is 14.0. The van der Waals surface area contributed by atoms with Crippen LogP contribution in [0.15, 0.2) is 41.4 Å². The van der Waals surface area contributed by atoms with Gasteiger partial charge in [-0.25, -0.2) is 13.4 Å². The summed E-state index contributed by atoms with van der Waals surface area (Å²) < 4.78 is 26.7. The molecule has 1 aromatic carbocycles. The van der Waals surface area contributed by atoms with E-state index < -0.39 is 10.0 Å². The van der Waals surface area contributed by atoms with Crippen LogP contribution in [0.25, 0.3) is 0 Å². The molecular weight excluding hydrogens is 286 g/mol. The van der Waals surface area contributed by atoms with Crippen molar-refractivity contribution in [3.8, 4) is 0 Å². The van der Waals surface area contributed by atoms with Crippen molar-refractivity contribution >= 4 is 33.0 Å². The van der Waals surface area contributed by atoms with Crippen molar-refractivity contribution in [2.75, 3.05) is 10.5 Å². The Hall–Kier alpha value is -1.79. The molecule has 0 saturated heterocycles. The number of sulfonamides is 1. The highest BCUT2D eigenvalue weighted by atomic mass is 35.5. The summed E-state index contributed by atoms with van der Waals surface area (Å²) in [5, 5.41) is 0.00990. The molecule has 0 saturated carbocycles. The molecular formula is C12H12ClN3O2S. The summed E-state index contributed by atoms with van der Waals surface area (Å²) in [7, 11) is -3.73. The van der Waals surface area contributed by atoms with Gasteiger partial charge < -0.3 is 5.73 Å². The second kappa shape index (κ2) is 5.07. The largest absolute Gasteiger partial charge is 0.397 e. The van der Waals surface area contributed by atoms with Crippen LogP contribution in [0, 0.1) is 6.92 Å². The van der Waals surface area contributed by atoms with Crippen molar-refractivity contribution in [3.05, 3.63) is 47.2 Å². The summed E-state index contributed by atoms with van der Waals surface area (Å²) in [6, 6.07) is 7.92. The fourth-order valence-electron chi connectivity index (χ4n) is 1.46. The number of nitrogens with one attached hydrogen (secondary N) is 1. The second-order valence-electron chi connectivity index (χ2n) is 3.98.